The Morgan fingerprint density at radius 1 is 0.773 bits per heavy atom. The SMILES string of the molecule is C#CCCCC(=O)OCC(COC(=O)CCCC#C)OC(=O)CCC/C=C\C[C@H]1CCC[C@@H]1CCCCCc1ccccc1. The number of carbonyl (C=O) groups is 3. The molecule has 0 bridgehead atoms. The minimum atomic E-state index is -0.858. The van der Waals surface area contributed by atoms with Gasteiger partial charge in [-0.25, -0.2) is 0 Å². The van der Waals surface area contributed by atoms with Crippen LogP contribution in [0.15, 0.2) is 42.5 Å². The van der Waals surface area contributed by atoms with Gasteiger partial charge in [0.15, 0.2) is 6.10 Å². The first-order valence-corrected chi connectivity index (χ1v) is 16.6. The zero-order chi connectivity index (χ0) is 31.7. The normalized spacial score (nSPS) is 16.0. The van der Waals surface area contributed by atoms with E-state index in [1.54, 1.807) is 0 Å². The Hall–Kier alpha value is -3.51. The van der Waals surface area contributed by atoms with Gasteiger partial charge < -0.3 is 14.2 Å². The summed E-state index contributed by atoms with van der Waals surface area (Å²) in [6.45, 7) is -0.346. The predicted octanol–water partition coefficient (Wildman–Crippen LogP) is 7.93. The molecule has 1 aromatic carbocycles. The van der Waals surface area contributed by atoms with Gasteiger partial charge in [0.1, 0.15) is 13.2 Å². The third-order valence-electron chi connectivity index (χ3n) is 8.12. The fraction of sp³-hybridized carbons (Fsp3) is 0.605. The van der Waals surface area contributed by atoms with Crippen molar-refractivity contribution in [3.8, 4) is 24.7 Å². The van der Waals surface area contributed by atoms with E-state index in [2.05, 4.69) is 54.3 Å². The summed E-state index contributed by atoms with van der Waals surface area (Å²) in [5, 5.41) is 0. The molecule has 2 atom stereocenters. The maximum atomic E-state index is 12.5. The van der Waals surface area contributed by atoms with E-state index in [0.29, 0.717) is 32.1 Å². The van der Waals surface area contributed by atoms with Gasteiger partial charge in [0.2, 0.25) is 0 Å². The van der Waals surface area contributed by atoms with Crippen LogP contribution in [-0.4, -0.2) is 37.2 Å². The lowest BCUT2D eigenvalue weighted by molar-refractivity contribution is -0.166. The van der Waals surface area contributed by atoms with Crippen molar-refractivity contribution in [3.63, 3.8) is 0 Å². The molecule has 0 unspecified atom stereocenters. The van der Waals surface area contributed by atoms with Crippen molar-refractivity contribution < 1.29 is 28.6 Å². The monoisotopic (exact) mass is 604 g/mol. The van der Waals surface area contributed by atoms with Crippen molar-refractivity contribution in [1.29, 1.82) is 0 Å². The van der Waals surface area contributed by atoms with Crippen molar-refractivity contribution in [1.82, 2.24) is 0 Å². The molecule has 6 heteroatoms. The van der Waals surface area contributed by atoms with Crippen LogP contribution in [0.2, 0.25) is 0 Å². The van der Waals surface area contributed by atoms with E-state index < -0.39 is 24.0 Å². The van der Waals surface area contributed by atoms with Gasteiger partial charge in [-0.15, -0.1) is 24.7 Å². The molecule has 1 saturated carbocycles. The zero-order valence-electron chi connectivity index (χ0n) is 26.5. The van der Waals surface area contributed by atoms with Crippen LogP contribution in [0.1, 0.15) is 115 Å². The Morgan fingerprint density at radius 2 is 1.41 bits per heavy atom. The second-order valence-electron chi connectivity index (χ2n) is 11.7. The van der Waals surface area contributed by atoms with E-state index in [1.165, 1.54) is 56.9 Å². The average molecular weight is 605 g/mol. The minimum Gasteiger partial charge on any atom is -0.462 e. The van der Waals surface area contributed by atoms with Gasteiger partial charge in [0, 0.05) is 32.1 Å². The molecule has 0 radical (unpaired) electrons. The first-order chi connectivity index (χ1) is 21.5. The molecule has 0 aromatic heterocycles. The molecule has 1 aliphatic rings. The quantitative estimate of drug-likeness (QED) is 0.0415. The molecular formula is C38H52O6. The van der Waals surface area contributed by atoms with Gasteiger partial charge in [0.05, 0.1) is 0 Å². The van der Waals surface area contributed by atoms with Crippen molar-refractivity contribution in [2.75, 3.05) is 13.2 Å². The van der Waals surface area contributed by atoms with Crippen molar-refractivity contribution >= 4 is 17.9 Å². The van der Waals surface area contributed by atoms with E-state index in [-0.39, 0.29) is 32.5 Å². The first kappa shape index (κ1) is 36.7. The number of unbranched alkanes of at least 4 members (excludes halogenated alkanes) is 5. The number of carbonyl (C=O) groups excluding carboxylic acids is 3. The van der Waals surface area contributed by atoms with Gasteiger partial charge in [-0.2, -0.15) is 0 Å². The largest absolute Gasteiger partial charge is 0.462 e. The first-order valence-electron chi connectivity index (χ1n) is 16.6. The number of hydrogen-bond donors (Lipinski definition) is 0. The second kappa shape index (κ2) is 23.9. The number of terminal acetylenes is 2. The second-order valence-corrected chi connectivity index (χ2v) is 11.7. The summed E-state index contributed by atoms with van der Waals surface area (Å²) in [5.41, 5.74) is 1.44. The highest BCUT2D eigenvalue weighted by atomic mass is 16.6. The Kier molecular flexibility index (Phi) is 19.9. The molecule has 44 heavy (non-hydrogen) atoms. The summed E-state index contributed by atoms with van der Waals surface area (Å²) in [4.78, 5) is 36.4. The molecule has 1 aromatic rings. The molecule has 0 saturated heterocycles. The number of benzene rings is 1. The van der Waals surface area contributed by atoms with E-state index in [1.807, 2.05) is 0 Å². The lowest BCUT2D eigenvalue weighted by Crippen LogP contribution is -2.30. The summed E-state index contributed by atoms with van der Waals surface area (Å²) >= 11 is 0. The summed E-state index contributed by atoms with van der Waals surface area (Å²) < 4.78 is 16.0. The number of rotatable bonds is 23. The van der Waals surface area contributed by atoms with Crippen LogP contribution in [0, 0.1) is 36.5 Å². The Morgan fingerprint density at radius 3 is 2.07 bits per heavy atom. The van der Waals surface area contributed by atoms with Gasteiger partial charge in [-0.05, 0) is 68.8 Å². The molecule has 0 heterocycles. The Labute approximate surface area is 265 Å². The lowest BCUT2D eigenvalue weighted by atomic mass is 9.88. The lowest BCUT2D eigenvalue weighted by Gasteiger charge is -2.18. The van der Waals surface area contributed by atoms with Crippen LogP contribution in [0.25, 0.3) is 0 Å². The number of hydrogen-bond acceptors (Lipinski definition) is 6. The molecule has 0 amide bonds. The maximum Gasteiger partial charge on any atom is 0.306 e. The van der Waals surface area contributed by atoms with E-state index in [9.17, 15) is 14.4 Å². The summed E-state index contributed by atoms with van der Waals surface area (Å²) in [7, 11) is 0. The summed E-state index contributed by atoms with van der Waals surface area (Å²) in [5.74, 6) is 5.30. The van der Waals surface area contributed by atoms with Crippen molar-refractivity contribution in [2.45, 2.75) is 122 Å². The average Bonchev–Trinajstić information content (AvgIpc) is 3.47. The molecular weight excluding hydrogens is 552 g/mol. The Bertz CT molecular complexity index is 1030. The van der Waals surface area contributed by atoms with Gasteiger partial charge >= 0.3 is 17.9 Å². The highest BCUT2D eigenvalue weighted by Gasteiger charge is 2.25. The van der Waals surface area contributed by atoms with Gasteiger partial charge in [-0.1, -0.05) is 74.6 Å². The third-order valence-corrected chi connectivity index (χ3v) is 8.12. The molecule has 6 nitrogen and oxygen atoms in total. The van der Waals surface area contributed by atoms with Crippen LogP contribution in [0.4, 0.5) is 0 Å². The van der Waals surface area contributed by atoms with E-state index in [0.717, 1.165) is 24.7 Å². The molecule has 1 fully saturated rings. The highest BCUT2D eigenvalue weighted by molar-refractivity contribution is 5.71. The molecule has 2 rings (SSSR count). The fourth-order valence-electron chi connectivity index (χ4n) is 5.66. The number of esters is 3. The summed E-state index contributed by atoms with van der Waals surface area (Å²) in [6.07, 6.45) is 29.6. The number of allylic oxidation sites excluding steroid dienone is 2. The topological polar surface area (TPSA) is 78.9 Å². The van der Waals surface area contributed by atoms with Crippen molar-refractivity contribution in [2.24, 2.45) is 11.8 Å². The van der Waals surface area contributed by atoms with E-state index >= 15 is 0 Å². The van der Waals surface area contributed by atoms with Crippen LogP contribution >= 0.6 is 0 Å². The maximum absolute atomic E-state index is 12.5. The number of aryl methyl sites for hydroxylation is 1. The van der Waals surface area contributed by atoms with Gasteiger partial charge in [0.25, 0.3) is 0 Å². The third kappa shape index (κ3) is 17.6. The molecule has 0 aliphatic heterocycles. The summed E-state index contributed by atoms with van der Waals surface area (Å²) in [6, 6.07) is 10.7. The minimum absolute atomic E-state index is 0.173. The van der Waals surface area contributed by atoms with Gasteiger partial charge in [-0.3, -0.25) is 14.4 Å². The van der Waals surface area contributed by atoms with E-state index in [4.69, 9.17) is 27.1 Å². The standard InChI is InChI=1S/C38H52O6/c1-3-5-11-27-36(39)42-30-35(31-43-37(40)28-12-6-4-2)44-38(41)29-18-8-7-16-23-33-25-19-26-34(33)24-17-10-15-22-32-20-13-9-14-21-32/h1-2,7,9,13-14,16,20-21,33-35H,5-6,8,10-12,15,17-19,22-31H2/b16-7-/t33-,34-/m0/s1. The molecule has 240 valence electrons. The Balaban J connectivity index is 1.64. The smallest absolute Gasteiger partial charge is 0.306 e. The van der Waals surface area contributed by atoms with Crippen LogP contribution in [-0.2, 0) is 35.0 Å². The molecule has 0 spiro atoms. The number of ether oxygens (including phenoxy) is 3. The van der Waals surface area contributed by atoms with Crippen molar-refractivity contribution in [3.05, 3.63) is 48.0 Å². The predicted molar refractivity (Wildman–Crippen MR) is 174 cm³/mol. The molecule has 0 N–H and O–H groups in total. The highest BCUT2D eigenvalue weighted by Crippen LogP contribution is 2.37. The van der Waals surface area contributed by atoms with Crippen LogP contribution in [0.3, 0.4) is 0 Å². The van der Waals surface area contributed by atoms with Crippen LogP contribution in [0.5, 0.6) is 0 Å². The van der Waals surface area contributed by atoms with Crippen LogP contribution < -0.4 is 0 Å². The molecule has 1 aliphatic carbocycles. The zero-order valence-corrected chi connectivity index (χ0v) is 26.5. The fourth-order valence-corrected chi connectivity index (χ4v) is 5.66.